The van der Waals surface area contributed by atoms with Crippen molar-refractivity contribution >= 4 is 0 Å². The van der Waals surface area contributed by atoms with E-state index in [1.165, 1.54) is 6.07 Å². The van der Waals surface area contributed by atoms with Crippen LogP contribution in [0.15, 0.2) is 24.3 Å². The van der Waals surface area contributed by atoms with Gasteiger partial charge in [0.2, 0.25) is 0 Å². The molecule has 16 heavy (non-hydrogen) atoms. The molecule has 0 aliphatic rings. The normalized spacial score (nSPS) is 13.1. The van der Waals surface area contributed by atoms with E-state index in [2.05, 4.69) is 5.32 Å². The molecular formula is C12H19FN2O. The number of halogens is 1. The predicted molar refractivity (Wildman–Crippen MR) is 62.8 cm³/mol. The van der Waals surface area contributed by atoms with Gasteiger partial charge >= 0.3 is 0 Å². The molecule has 1 aromatic rings. The van der Waals surface area contributed by atoms with Crippen molar-refractivity contribution in [3.63, 3.8) is 0 Å². The van der Waals surface area contributed by atoms with Gasteiger partial charge in [0, 0.05) is 18.7 Å². The number of nitrogens with zero attached hydrogens (tertiary/aromatic N) is 1. The summed E-state index contributed by atoms with van der Waals surface area (Å²) < 4.78 is 13.5. The lowest BCUT2D eigenvalue weighted by molar-refractivity contribution is 0.237. The zero-order chi connectivity index (χ0) is 12.0. The number of hydrogen-bond acceptors (Lipinski definition) is 3. The van der Waals surface area contributed by atoms with Gasteiger partial charge in [-0.2, -0.15) is 0 Å². The minimum atomic E-state index is -0.332. The van der Waals surface area contributed by atoms with Crippen molar-refractivity contribution in [2.45, 2.75) is 6.04 Å². The van der Waals surface area contributed by atoms with Gasteiger partial charge in [-0.3, -0.25) is 0 Å². The molecule has 0 aliphatic heterocycles. The molecule has 0 heterocycles. The molecule has 0 amide bonds. The standard InChI is InChI=1S/C12H19FN2O/c1-15(2)8-7-14-12(9-16)10-5-3-4-6-11(10)13/h3-6,12,14,16H,7-9H2,1-2H3. The maximum Gasteiger partial charge on any atom is 0.128 e. The van der Waals surface area contributed by atoms with Crippen LogP contribution in [-0.2, 0) is 0 Å². The summed E-state index contributed by atoms with van der Waals surface area (Å²) in [4.78, 5) is 2.03. The van der Waals surface area contributed by atoms with E-state index in [1.54, 1.807) is 18.2 Å². The zero-order valence-electron chi connectivity index (χ0n) is 9.78. The maximum absolute atomic E-state index is 13.5. The molecule has 0 aliphatic carbocycles. The van der Waals surface area contributed by atoms with Crippen molar-refractivity contribution in [3.05, 3.63) is 35.6 Å². The third-order valence-electron chi connectivity index (χ3n) is 2.41. The third-order valence-corrected chi connectivity index (χ3v) is 2.41. The number of aliphatic hydroxyl groups excluding tert-OH is 1. The summed E-state index contributed by atoms with van der Waals surface area (Å²) >= 11 is 0. The summed E-state index contributed by atoms with van der Waals surface area (Å²) in [6.45, 7) is 1.46. The van der Waals surface area contributed by atoms with Crippen molar-refractivity contribution in [2.24, 2.45) is 0 Å². The first kappa shape index (κ1) is 13.1. The Morgan fingerprint density at radius 1 is 1.38 bits per heavy atom. The highest BCUT2D eigenvalue weighted by Gasteiger charge is 2.13. The molecule has 0 spiro atoms. The molecule has 1 atom stereocenters. The lowest BCUT2D eigenvalue weighted by Crippen LogP contribution is -2.32. The Balaban J connectivity index is 2.57. The summed E-state index contributed by atoms with van der Waals surface area (Å²) in [5.41, 5.74) is 0.517. The SMILES string of the molecule is CN(C)CCNC(CO)c1ccccc1F. The van der Waals surface area contributed by atoms with Crippen LogP contribution in [0.25, 0.3) is 0 Å². The van der Waals surface area contributed by atoms with Crippen LogP contribution < -0.4 is 5.32 Å². The molecule has 0 saturated carbocycles. The Morgan fingerprint density at radius 3 is 2.62 bits per heavy atom. The van der Waals surface area contributed by atoms with Crippen LogP contribution in [0.5, 0.6) is 0 Å². The Bertz CT molecular complexity index is 318. The monoisotopic (exact) mass is 226 g/mol. The number of aliphatic hydroxyl groups is 1. The number of hydrogen-bond donors (Lipinski definition) is 2. The van der Waals surface area contributed by atoms with Gasteiger partial charge in [-0.15, -0.1) is 0 Å². The zero-order valence-corrected chi connectivity index (χ0v) is 9.78. The summed E-state index contributed by atoms with van der Waals surface area (Å²) in [6, 6.07) is 6.19. The van der Waals surface area contributed by atoms with Gasteiger partial charge in [-0.1, -0.05) is 18.2 Å². The van der Waals surface area contributed by atoms with Crippen molar-refractivity contribution in [3.8, 4) is 0 Å². The highest BCUT2D eigenvalue weighted by atomic mass is 19.1. The van der Waals surface area contributed by atoms with Crippen LogP contribution in [0.4, 0.5) is 4.39 Å². The van der Waals surface area contributed by atoms with E-state index >= 15 is 0 Å². The Hall–Kier alpha value is -0.970. The molecule has 0 radical (unpaired) electrons. The maximum atomic E-state index is 13.5. The summed E-state index contributed by atoms with van der Waals surface area (Å²) in [6.07, 6.45) is 0. The van der Waals surface area contributed by atoms with Gasteiger partial charge in [-0.05, 0) is 20.2 Å². The van der Waals surface area contributed by atoms with Crippen LogP contribution in [-0.4, -0.2) is 43.8 Å². The van der Waals surface area contributed by atoms with E-state index in [0.717, 1.165) is 6.54 Å². The van der Waals surface area contributed by atoms with Gasteiger partial charge in [-0.25, -0.2) is 4.39 Å². The van der Waals surface area contributed by atoms with Gasteiger partial charge in [0.1, 0.15) is 5.82 Å². The number of nitrogens with one attached hydrogen (secondary N) is 1. The molecule has 3 nitrogen and oxygen atoms in total. The second-order valence-corrected chi connectivity index (χ2v) is 4.01. The average molecular weight is 226 g/mol. The molecule has 0 aromatic heterocycles. The van der Waals surface area contributed by atoms with E-state index in [-0.39, 0.29) is 18.5 Å². The number of rotatable bonds is 6. The van der Waals surface area contributed by atoms with Crippen LogP contribution in [0, 0.1) is 5.82 Å². The van der Waals surface area contributed by atoms with Crippen molar-refractivity contribution in [2.75, 3.05) is 33.8 Å². The summed E-state index contributed by atoms with van der Waals surface area (Å²) in [5, 5.41) is 12.4. The van der Waals surface area contributed by atoms with Gasteiger partial charge in [0.25, 0.3) is 0 Å². The smallest absolute Gasteiger partial charge is 0.128 e. The second kappa shape index (κ2) is 6.58. The summed E-state index contributed by atoms with van der Waals surface area (Å²) in [7, 11) is 3.94. The fraction of sp³-hybridized carbons (Fsp3) is 0.500. The lowest BCUT2D eigenvalue weighted by Gasteiger charge is -2.18. The molecule has 0 saturated heterocycles. The molecule has 1 aromatic carbocycles. The van der Waals surface area contributed by atoms with Crippen LogP contribution >= 0.6 is 0 Å². The van der Waals surface area contributed by atoms with Gasteiger partial charge in [0.05, 0.1) is 12.6 Å². The molecule has 0 bridgehead atoms. The number of likely N-dealkylation sites (N-methyl/N-ethyl adjacent to an activating group) is 1. The van der Waals surface area contributed by atoms with Crippen LogP contribution in [0.2, 0.25) is 0 Å². The third kappa shape index (κ3) is 3.89. The molecular weight excluding hydrogens is 207 g/mol. The van der Waals surface area contributed by atoms with Crippen molar-refractivity contribution < 1.29 is 9.50 Å². The van der Waals surface area contributed by atoms with E-state index in [1.807, 2.05) is 19.0 Å². The first-order chi connectivity index (χ1) is 7.65. The predicted octanol–water partition coefficient (Wildman–Crippen LogP) is 1.01. The van der Waals surface area contributed by atoms with E-state index < -0.39 is 0 Å². The first-order valence-electron chi connectivity index (χ1n) is 5.38. The highest BCUT2D eigenvalue weighted by Crippen LogP contribution is 2.15. The van der Waals surface area contributed by atoms with Gasteiger partial charge < -0.3 is 15.3 Å². The molecule has 90 valence electrons. The Morgan fingerprint density at radius 2 is 2.06 bits per heavy atom. The van der Waals surface area contributed by atoms with Gasteiger partial charge in [0.15, 0.2) is 0 Å². The first-order valence-corrected chi connectivity index (χ1v) is 5.38. The fourth-order valence-corrected chi connectivity index (χ4v) is 1.49. The topological polar surface area (TPSA) is 35.5 Å². The van der Waals surface area contributed by atoms with Crippen molar-refractivity contribution in [1.82, 2.24) is 10.2 Å². The molecule has 1 rings (SSSR count). The van der Waals surface area contributed by atoms with E-state index in [4.69, 9.17) is 0 Å². The minimum Gasteiger partial charge on any atom is -0.394 e. The summed E-state index contributed by atoms with van der Waals surface area (Å²) in [5.74, 6) is -0.279. The molecule has 0 fully saturated rings. The van der Waals surface area contributed by atoms with Crippen LogP contribution in [0.1, 0.15) is 11.6 Å². The Labute approximate surface area is 95.9 Å². The van der Waals surface area contributed by atoms with E-state index in [0.29, 0.717) is 12.1 Å². The Kier molecular flexibility index (Phi) is 5.38. The fourth-order valence-electron chi connectivity index (χ4n) is 1.49. The lowest BCUT2D eigenvalue weighted by atomic mass is 10.1. The molecule has 4 heteroatoms. The largest absolute Gasteiger partial charge is 0.394 e. The highest BCUT2D eigenvalue weighted by molar-refractivity contribution is 5.21. The molecule has 2 N–H and O–H groups in total. The van der Waals surface area contributed by atoms with E-state index in [9.17, 15) is 9.50 Å². The van der Waals surface area contributed by atoms with Crippen molar-refractivity contribution in [1.29, 1.82) is 0 Å². The van der Waals surface area contributed by atoms with Crippen LogP contribution in [0.3, 0.4) is 0 Å². The quantitative estimate of drug-likeness (QED) is 0.760. The second-order valence-electron chi connectivity index (χ2n) is 4.01. The molecule has 1 unspecified atom stereocenters. The average Bonchev–Trinajstić information content (AvgIpc) is 2.25. The number of benzene rings is 1. The minimum absolute atomic E-state index is 0.103.